The molecule has 2 atom stereocenters. The molecule has 3 nitrogen and oxygen atoms in total. The van der Waals surface area contributed by atoms with E-state index in [0.29, 0.717) is 18.4 Å². The number of piperidine rings is 1. The Balaban J connectivity index is 1.89. The topological polar surface area (TPSA) is 29.5 Å². The van der Waals surface area contributed by atoms with Crippen molar-refractivity contribution in [2.75, 3.05) is 38.2 Å². The number of carbonyl (C=O) groups is 1. The molecular formula is C17H24ClNO2S. The predicted octanol–water partition coefficient (Wildman–Crippen LogP) is 3.67. The lowest BCUT2D eigenvalue weighted by Crippen LogP contribution is -2.38. The van der Waals surface area contributed by atoms with Crippen molar-refractivity contribution in [2.45, 2.75) is 19.3 Å². The van der Waals surface area contributed by atoms with Crippen LogP contribution in [0.25, 0.3) is 0 Å². The highest BCUT2D eigenvalue weighted by atomic mass is 35.5. The zero-order valence-electron chi connectivity index (χ0n) is 13.3. The summed E-state index contributed by atoms with van der Waals surface area (Å²) in [7, 11) is 2.19. The van der Waals surface area contributed by atoms with Gasteiger partial charge in [-0.3, -0.25) is 4.79 Å². The number of likely N-dealkylation sites (tertiary alicyclic amines) is 1. The van der Waals surface area contributed by atoms with Crippen LogP contribution in [-0.4, -0.2) is 49.1 Å². The predicted molar refractivity (Wildman–Crippen MR) is 93.8 cm³/mol. The molecule has 0 saturated carbocycles. The molecule has 1 aromatic rings. The van der Waals surface area contributed by atoms with Gasteiger partial charge in [-0.25, -0.2) is 0 Å². The van der Waals surface area contributed by atoms with Crippen molar-refractivity contribution in [3.8, 4) is 0 Å². The molecule has 22 heavy (non-hydrogen) atoms. The minimum Gasteiger partial charge on any atom is -0.465 e. The second-order valence-corrected chi connectivity index (χ2v) is 7.47. The van der Waals surface area contributed by atoms with Crippen molar-refractivity contribution in [3.63, 3.8) is 0 Å². The summed E-state index contributed by atoms with van der Waals surface area (Å²) in [6.45, 7) is 4.22. The van der Waals surface area contributed by atoms with E-state index in [4.69, 9.17) is 16.3 Å². The fraction of sp³-hybridized carbons (Fsp3) is 0.588. The summed E-state index contributed by atoms with van der Waals surface area (Å²) in [5, 5.41) is 0.795. The molecule has 122 valence electrons. The van der Waals surface area contributed by atoms with E-state index in [9.17, 15) is 4.79 Å². The lowest BCUT2D eigenvalue weighted by Gasteiger charge is -2.37. The number of carbonyl (C=O) groups excluding carboxylic acids is 1. The van der Waals surface area contributed by atoms with Gasteiger partial charge in [-0.2, -0.15) is 11.8 Å². The average Bonchev–Trinajstić information content (AvgIpc) is 2.48. The van der Waals surface area contributed by atoms with Crippen molar-refractivity contribution in [1.29, 1.82) is 0 Å². The van der Waals surface area contributed by atoms with Crippen LogP contribution in [0.2, 0.25) is 5.02 Å². The van der Waals surface area contributed by atoms with E-state index in [2.05, 4.69) is 24.1 Å². The smallest absolute Gasteiger partial charge is 0.302 e. The average molecular weight is 342 g/mol. The van der Waals surface area contributed by atoms with Crippen LogP contribution in [0.15, 0.2) is 24.3 Å². The number of thioether (sulfide) groups is 1. The Morgan fingerprint density at radius 3 is 2.82 bits per heavy atom. The van der Waals surface area contributed by atoms with Gasteiger partial charge in [0.1, 0.15) is 6.61 Å². The molecule has 0 bridgehead atoms. The molecule has 0 radical (unpaired) electrons. The maximum absolute atomic E-state index is 10.8. The highest BCUT2D eigenvalue weighted by Gasteiger charge is 2.28. The lowest BCUT2D eigenvalue weighted by atomic mass is 9.81. The number of hydrogen-bond donors (Lipinski definition) is 0. The molecule has 0 aromatic heterocycles. The van der Waals surface area contributed by atoms with Crippen molar-refractivity contribution < 1.29 is 9.53 Å². The van der Waals surface area contributed by atoms with Crippen LogP contribution < -0.4 is 0 Å². The van der Waals surface area contributed by atoms with Crippen molar-refractivity contribution >= 4 is 29.3 Å². The number of rotatable bonds is 6. The van der Waals surface area contributed by atoms with Gasteiger partial charge in [-0.1, -0.05) is 23.7 Å². The normalized spacial score (nSPS) is 22.5. The monoisotopic (exact) mass is 341 g/mol. The fourth-order valence-corrected chi connectivity index (χ4v) is 4.15. The fourth-order valence-electron chi connectivity index (χ4n) is 3.01. The third kappa shape index (κ3) is 5.49. The number of hydrogen-bond acceptors (Lipinski definition) is 4. The highest BCUT2D eigenvalue weighted by Crippen LogP contribution is 2.35. The lowest BCUT2D eigenvalue weighted by molar-refractivity contribution is -0.140. The van der Waals surface area contributed by atoms with Gasteiger partial charge in [-0.05, 0) is 55.3 Å². The number of halogens is 1. The summed E-state index contributed by atoms with van der Waals surface area (Å²) in [4.78, 5) is 13.2. The van der Waals surface area contributed by atoms with Gasteiger partial charge in [-0.15, -0.1) is 0 Å². The highest BCUT2D eigenvalue weighted by molar-refractivity contribution is 7.99. The Morgan fingerprint density at radius 1 is 1.41 bits per heavy atom. The Labute approximate surface area is 142 Å². The molecule has 1 heterocycles. The third-order valence-electron chi connectivity index (χ3n) is 4.10. The first-order valence-corrected chi connectivity index (χ1v) is 9.24. The van der Waals surface area contributed by atoms with Crippen LogP contribution >= 0.6 is 23.4 Å². The maximum atomic E-state index is 10.8. The molecule has 0 spiro atoms. The van der Waals surface area contributed by atoms with Gasteiger partial charge in [0, 0.05) is 24.2 Å². The van der Waals surface area contributed by atoms with E-state index < -0.39 is 0 Å². The molecule has 5 heteroatoms. The van der Waals surface area contributed by atoms with Gasteiger partial charge in [0.2, 0.25) is 0 Å². The molecule has 1 aliphatic rings. The van der Waals surface area contributed by atoms with Crippen molar-refractivity contribution in [1.82, 2.24) is 4.90 Å². The van der Waals surface area contributed by atoms with E-state index in [0.717, 1.165) is 29.6 Å². The molecule has 0 aliphatic carbocycles. The van der Waals surface area contributed by atoms with Crippen LogP contribution in [0.4, 0.5) is 0 Å². The van der Waals surface area contributed by atoms with E-state index in [1.54, 1.807) is 0 Å². The summed E-state index contributed by atoms with van der Waals surface area (Å²) >= 11 is 7.88. The van der Waals surface area contributed by atoms with E-state index in [-0.39, 0.29) is 5.97 Å². The Bertz CT molecular complexity index is 480. The summed E-state index contributed by atoms with van der Waals surface area (Å²) in [6.07, 6.45) is 1.19. The van der Waals surface area contributed by atoms with E-state index >= 15 is 0 Å². The zero-order valence-corrected chi connectivity index (χ0v) is 14.8. The largest absolute Gasteiger partial charge is 0.465 e. The van der Waals surface area contributed by atoms with Crippen LogP contribution in [0.3, 0.4) is 0 Å². The zero-order chi connectivity index (χ0) is 15.9. The summed E-state index contributed by atoms with van der Waals surface area (Å²) in [5.74, 6) is 2.99. The number of nitrogens with zero attached hydrogens (tertiary/aromatic N) is 1. The maximum Gasteiger partial charge on any atom is 0.302 e. The van der Waals surface area contributed by atoms with Gasteiger partial charge in [0.05, 0.1) is 0 Å². The quantitative estimate of drug-likeness (QED) is 0.583. The molecule has 0 N–H and O–H groups in total. The molecule has 1 fully saturated rings. The Kier molecular flexibility index (Phi) is 7.06. The van der Waals surface area contributed by atoms with E-state index in [1.807, 2.05) is 23.9 Å². The molecule has 1 aromatic carbocycles. The minimum absolute atomic E-state index is 0.197. The minimum atomic E-state index is -0.197. The van der Waals surface area contributed by atoms with E-state index in [1.165, 1.54) is 18.9 Å². The molecule has 1 saturated heterocycles. The number of benzene rings is 1. The molecule has 2 rings (SSSR count). The molecular weight excluding hydrogens is 318 g/mol. The van der Waals surface area contributed by atoms with Gasteiger partial charge in [0.15, 0.2) is 0 Å². The summed E-state index contributed by atoms with van der Waals surface area (Å²) in [5.41, 5.74) is 1.39. The summed E-state index contributed by atoms with van der Waals surface area (Å²) in [6, 6.07) is 8.30. The SMILES string of the molecule is CC(=O)OCCSC[C@@H]1CN(C)CC[C@H]1c1ccc(Cl)cc1. The Hall–Kier alpha value is -0.710. The van der Waals surface area contributed by atoms with Crippen molar-refractivity contribution in [2.24, 2.45) is 5.92 Å². The number of esters is 1. The van der Waals surface area contributed by atoms with Gasteiger partial charge < -0.3 is 9.64 Å². The molecule has 0 unspecified atom stereocenters. The summed E-state index contributed by atoms with van der Waals surface area (Å²) < 4.78 is 4.99. The number of ether oxygens (including phenoxy) is 1. The first-order chi connectivity index (χ1) is 10.6. The molecule has 1 aliphatic heterocycles. The van der Waals surface area contributed by atoms with Crippen LogP contribution in [0, 0.1) is 5.92 Å². The molecule has 0 amide bonds. The van der Waals surface area contributed by atoms with Crippen LogP contribution in [0.1, 0.15) is 24.8 Å². The van der Waals surface area contributed by atoms with Gasteiger partial charge in [0.25, 0.3) is 0 Å². The van der Waals surface area contributed by atoms with Crippen LogP contribution in [-0.2, 0) is 9.53 Å². The van der Waals surface area contributed by atoms with Crippen LogP contribution in [0.5, 0.6) is 0 Å². The standard InChI is InChI=1S/C17H24ClNO2S/c1-13(20)21-9-10-22-12-15-11-19(2)8-7-17(15)14-3-5-16(18)6-4-14/h3-6,15,17H,7-12H2,1-2H3/t15-,17-/m0/s1. The Morgan fingerprint density at radius 2 is 2.14 bits per heavy atom. The second-order valence-electron chi connectivity index (χ2n) is 5.88. The third-order valence-corrected chi connectivity index (χ3v) is 5.47. The first kappa shape index (κ1) is 17.6. The first-order valence-electron chi connectivity index (χ1n) is 7.71. The van der Waals surface area contributed by atoms with Gasteiger partial charge >= 0.3 is 5.97 Å². The second kappa shape index (κ2) is 8.80. The van der Waals surface area contributed by atoms with Crippen molar-refractivity contribution in [3.05, 3.63) is 34.9 Å².